The van der Waals surface area contributed by atoms with Gasteiger partial charge in [-0.25, -0.2) is 14.6 Å². The lowest BCUT2D eigenvalue weighted by molar-refractivity contribution is -0.139. The van der Waals surface area contributed by atoms with Crippen LogP contribution in [0.25, 0.3) is 22.2 Å². The first-order valence-electron chi connectivity index (χ1n) is 11.3. The van der Waals surface area contributed by atoms with Gasteiger partial charge in [-0.2, -0.15) is 0 Å². The Kier molecular flexibility index (Phi) is 5.76. The molecule has 0 aliphatic heterocycles. The second-order valence-electron chi connectivity index (χ2n) is 8.33. The van der Waals surface area contributed by atoms with Crippen molar-refractivity contribution in [2.45, 2.75) is 31.8 Å². The summed E-state index contributed by atoms with van der Waals surface area (Å²) in [4.78, 5) is 29.1. The minimum absolute atomic E-state index is 0.0576. The molecular formula is C27H25N3O4. The predicted octanol–water partition coefficient (Wildman–Crippen LogP) is 4.59. The first-order chi connectivity index (χ1) is 16.6. The maximum absolute atomic E-state index is 12.6. The quantitative estimate of drug-likeness (QED) is 0.425. The molecule has 7 heteroatoms. The number of amides is 1. The lowest BCUT2D eigenvalue weighted by Crippen LogP contribution is -2.43. The lowest BCUT2D eigenvalue weighted by Gasteiger charge is -2.17. The summed E-state index contributed by atoms with van der Waals surface area (Å²) in [6.45, 7) is 2.75. The van der Waals surface area contributed by atoms with Gasteiger partial charge in [-0.1, -0.05) is 60.7 Å². The van der Waals surface area contributed by atoms with E-state index in [0.29, 0.717) is 12.4 Å². The van der Waals surface area contributed by atoms with Crippen LogP contribution < -0.4 is 5.32 Å². The number of carbonyl (C=O) groups excluding carboxylic acids is 1. The number of benzene rings is 3. The largest absolute Gasteiger partial charge is 0.480 e. The molecule has 3 aromatic carbocycles. The minimum atomic E-state index is -1.15. The highest BCUT2D eigenvalue weighted by Crippen LogP contribution is 2.44. The molecule has 1 atom stereocenters. The van der Waals surface area contributed by atoms with Gasteiger partial charge >= 0.3 is 12.1 Å². The van der Waals surface area contributed by atoms with Gasteiger partial charge in [-0.05, 0) is 41.3 Å². The molecule has 0 saturated carbocycles. The van der Waals surface area contributed by atoms with Crippen molar-refractivity contribution >= 4 is 23.1 Å². The van der Waals surface area contributed by atoms with E-state index in [1.807, 2.05) is 72.2 Å². The predicted molar refractivity (Wildman–Crippen MR) is 129 cm³/mol. The summed E-state index contributed by atoms with van der Waals surface area (Å²) in [7, 11) is 0. The van der Waals surface area contributed by atoms with Gasteiger partial charge in [0.2, 0.25) is 0 Å². The van der Waals surface area contributed by atoms with Crippen LogP contribution in [-0.4, -0.2) is 39.4 Å². The topological polar surface area (TPSA) is 93.5 Å². The number of hydrogen-bond donors (Lipinski definition) is 2. The molecule has 4 aromatic rings. The third-order valence-electron chi connectivity index (χ3n) is 6.37. The molecule has 1 aromatic heterocycles. The van der Waals surface area contributed by atoms with Gasteiger partial charge < -0.3 is 19.7 Å². The number of aryl methyl sites for hydroxylation is 1. The number of nitrogens with zero attached hydrogens (tertiary/aromatic N) is 2. The molecular weight excluding hydrogens is 430 g/mol. The lowest BCUT2D eigenvalue weighted by atomic mass is 9.98. The number of aliphatic carboxylic acids is 1. The smallest absolute Gasteiger partial charge is 0.407 e. The van der Waals surface area contributed by atoms with Crippen LogP contribution in [0.5, 0.6) is 0 Å². The van der Waals surface area contributed by atoms with Crippen molar-refractivity contribution in [3.05, 3.63) is 89.7 Å². The van der Waals surface area contributed by atoms with Crippen LogP contribution in [0, 0.1) is 0 Å². The van der Waals surface area contributed by atoms with E-state index >= 15 is 0 Å². The Labute approximate surface area is 197 Å². The maximum atomic E-state index is 12.6. The number of carboxylic acids is 1. The third-order valence-corrected chi connectivity index (χ3v) is 6.37. The van der Waals surface area contributed by atoms with Crippen LogP contribution in [0.3, 0.4) is 0 Å². The first kappa shape index (κ1) is 21.7. The number of fused-ring (bicyclic) bond motifs is 4. The van der Waals surface area contributed by atoms with E-state index in [4.69, 9.17) is 4.74 Å². The van der Waals surface area contributed by atoms with Crippen molar-refractivity contribution in [3.63, 3.8) is 0 Å². The Hall–Kier alpha value is -4.13. The zero-order valence-electron chi connectivity index (χ0n) is 18.8. The summed E-state index contributed by atoms with van der Waals surface area (Å²) in [5, 5.41) is 12.3. The van der Waals surface area contributed by atoms with Gasteiger partial charge in [0.05, 0.1) is 11.0 Å². The molecule has 1 heterocycles. The fourth-order valence-electron chi connectivity index (χ4n) is 4.80. The Bertz CT molecular complexity index is 1330. The van der Waals surface area contributed by atoms with E-state index in [-0.39, 0.29) is 18.9 Å². The molecule has 0 radical (unpaired) electrons. The van der Waals surface area contributed by atoms with Gasteiger partial charge in [-0.15, -0.1) is 0 Å². The summed E-state index contributed by atoms with van der Waals surface area (Å²) in [6, 6.07) is 22.6. The van der Waals surface area contributed by atoms with Crippen LogP contribution in [0.15, 0.2) is 72.8 Å². The van der Waals surface area contributed by atoms with E-state index in [1.165, 1.54) is 0 Å². The van der Waals surface area contributed by atoms with Crippen molar-refractivity contribution in [1.82, 2.24) is 14.9 Å². The Balaban J connectivity index is 1.30. The standard InChI is InChI=1S/C27H25N3O4/c1-2-30-24-14-8-7-13-22(24)28-25(30)15-23(26(31)32)29-27(33)34-16-21-19-11-5-3-9-17(19)18-10-4-6-12-20(18)21/h3-14,21,23H,2,15-16H2,1H3,(H,29,33)(H,31,32). The number of carbonyl (C=O) groups is 2. The van der Waals surface area contributed by atoms with Crippen LogP contribution >= 0.6 is 0 Å². The van der Waals surface area contributed by atoms with Crippen molar-refractivity contribution in [2.24, 2.45) is 0 Å². The molecule has 1 unspecified atom stereocenters. The highest BCUT2D eigenvalue weighted by atomic mass is 16.5. The van der Waals surface area contributed by atoms with Gasteiger partial charge in [0.15, 0.2) is 0 Å². The van der Waals surface area contributed by atoms with E-state index < -0.39 is 18.1 Å². The zero-order chi connectivity index (χ0) is 23.7. The molecule has 5 rings (SSSR count). The van der Waals surface area contributed by atoms with E-state index in [1.54, 1.807) is 0 Å². The van der Waals surface area contributed by atoms with Crippen molar-refractivity contribution in [1.29, 1.82) is 0 Å². The second kappa shape index (κ2) is 9.02. The van der Waals surface area contributed by atoms with Crippen molar-refractivity contribution in [2.75, 3.05) is 6.61 Å². The van der Waals surface area contributed by atoms with Crippen molar-refractivity contribution < 1.29 is 19.4 Å². The van der Waals surface area contributed by atoms with Crippen LogP contribution in [0.1, 0.15) is 29.8 Å². The Morgan fingerprint density at radius 1 is 1.00 bits per heavy atom. The number of nitrogens with one attached hydrogen (secondary N) is 1. The zero-order valence-corrected chi connectivity index (χ0v) is 18.8. The molecule has 172 valence electrons. The summed E-state index contributed by atoms with van der Waals surface area (Å²) in [5.74, 6) is -0.621. The molecule has 0 saturated heterocycles. The monoisotopic (exact) mass is 455 g/mol. The third kappa shape index (κ3) is 3.90. The average Bonchev–Trinajstić information content (AvgIpc) is 3.37. The van der Waals surface area contributed by atoms with Gasteiger partial charge in [-0.3, -0.25) is 0 Å². The Morgan fingerprint density at radius 3 is 2.26 bits per heavy atom. The second-order valence-corrected chi connectivity index (χ2v) is 8.33. The van der Waals surface area contributed by atoms with E-state index in [9.17, 15) is 14.7 Å². The fourth-order valence-corrected chi connectivity index (χ4v) is 4.80. The average molecular weight is 456 g/mol. The van der Waals surface area contributed by atoms with Crippen LogP contribution in [0.2, 0.25) is 0 Å². The summed E-state index contributed by atoms with van der Waals surface area (Å²) in [5.41, 5.74) is 6.20. The van der Waals surface area contributed by atoms with Crippen LogP contribution in [-0.2, 0) is 22.5 Å². The highest BCUT2D eigenvalue weighted by Gasteiger charge is 2.30. The maximum Gasteiger partial charge on any atom is 0.407 e. The number of aromatic nitrogens is 2. The number of ether oxygens (including phenoxy) is 1. The molecule has 0 fully saturated rings. The summed E-state index contributed by atoms with van der Waals surface area (Å²) in [6.07, 6.45) is -0.699. The molecule has 0 spiro atoms. The molecule has 2 N–H and O–H groups in total. The normalized spacial score (nSPS) is 13.3. The summed E-state index contributed by atoms with van der Waals surface area (Å²) < 4.78 is 7.50. The minimum Gasteiger partial charge on any atom is -0.480 e. The Morgan fingerprint density at radius 2 is 1.62 bits per heavy atom. The van der Waals surface area contributed by atoms with Crippen molar-refractivity contribution in [3.8, 4) is 11.1 Å². The SMILES string of the molecule is CCn1c(CC(NC(=O)OCC2c3ccccc3-c3ccccc32)C(=O)O)nc2ccccc21. The molecule has 0 bridgehead atoms. The number of hydrogen-bond acceptors (Lipinski definition) is 4. The summed E-state index contributed by atoms with van der Waals surface area (Å²) >= 11 is 0. The molecule has 1 aliphatic carbocycles. The van der Waals surface area contributed by atoms with E-state index in [2.05, 4.69) is 22.4 Å². The highest BCUT2D eigenvalue weighted by molar-refractivity contribution is 5.82. The van der Waals surface area contributed by atoms with Gasteiger partial charge in [0, 0.05) is 18.9 Å². The number of rotatable bonds is 7. The van der Waals surface area contributed by atoms with E-state index in [0.717, 1.165) is 33.3 Å². The number of carboxylic acid groups (broad SMARTS) is 1. The molecule has 1 amide bonds. The molecule has 1 aliphatic rings. The van der Waals surface area contributed by atoms with Gasteiger partial charge in [0.25, 0.3) is 0 Å². The first-order valence-corrected chi connectivity index (χ1v) is 11.3. The molecule has 7 nitrogen and oxygen atoms in total. The molecule has 34 heavy (non-hydrogen) atoms. The van der Waals surface area contributed by atoms with Gasteiger partial charge in [0.1, 0.15) is 18.5 Å². The van der Waals surface area contributed by atoms with Crippen LogP contribution in [0.4, 0.5) is 4.79 Å². The number of para-hydroxylation sites is 2. The number of alkyl carbamates (subject to hydrolysis) is 1. The fraction of sp³-hybridized carbons (Fsp3) is 0.222. The number of imidazole rings is 1.